The maximum atomic E-state index is 6.10. The Balaban J connectivity index is 1.47. The van der Waals surface area contributed by atoms with E-state index in [1.54, 1.807) is 25.8 Å². The number of pyridine rings is 1. The van der Waals surface area contributed by atoms with E-state index in [1.807, 2.05) is 24.3 Å². The zero-order valence-corrected chi connectivity index (χ0v) is 17.6. The fraction of sp³-hybridized carbons (Fsp3) is 0.348. The molecule has 31 heavy (non-hydrogen) atoms. The van der Waals surface area contributed by atoms with Gasteiger partial charge in [0.1, 0.15) is 30.6 Å². The largest absolute Gasteiger partial charge is 0.491 e. The summed E-state index contributed by atoms with van der Waals surface area (Å²) in [6.07, 6.45) is 4.91. The molecule has 3 aromatic rings. The van der Waals surface area contributed by atoms with Crippen molar-refractivity contribution in [1.29, 1.82) is 0 Å². The summed E-state index contributed by atoms with van der Waals surface area (Å²) in [5.74, 6) is 1.32. The molecule has 0 bridgehead atoms. The lowest BCUT2D eigenvalue weighted by Crippen LogP contribution is -2.38. The van der Waals surface area contributed by atoms with Gasteiger partial charge in [-0.05, 0) is 35.4 Å². The molecule has 8 heteroatoms. The van der Waals surface area contributed by atoms with Gasteiger partial charge in [0.15, 0.2) is 0 Å². The van der Waals surface area contributed by atoms with E-state index in [0.29, 0.717) is 25.6 Å². The molecular weight excluding hydrogens is 394 g/mol. The number of nitrogens with two attached hydrogens (primary N) is 1. The maximum absolute atomic E-state index is 6.10. The predicted octanol–water partition coefficient (Wildman–Crippen LogP) is 2.72. The second kappa shape index (κ2) is 10.3. The van der Waals surface area contributed by atoms with Gasteiger partial charge in [0.25, 0.3) is 0 Å². The van der Waals surface area contributed by atoms with Crippen LogP contribution in [0.1, 0.15) is 17.4 Å². The van der Waals surface area contributed by atoms with E-state index in [1.165, 1.54) is 5.56 Å². The number of anilines is 1. The molecule has 1 saturated heterocycles. The lowest BCUT2D eigenvalue weighted by atomic mass is 10.0. The highest BCUT2D eigenvalue weighted by Crippen LogP contribution is 2.31. The molecule has 0 spiro atoms. The summed E-state index contributed by atoms with van der Waals surface area (Å²) in [4.78, 5) is 15.2. The van der Waals surface area contributed by atoms with E-state index in [4.69, 9.17) is 19.9 Å². The van der Waals surface area contributed by atoms with Gasteiger partial charge in [-0.15, -0.1) is 0 Å². The van der Waals surface area contributed by atoms with E-state index in [0.717, 1.165) is 42.2 Å². The Labute approximate surface area is 182 Å². The van der Waals surface area contributed by atoms with Crippen LogP contribution in [0.5, 0.6) is 5.75 Å². The first kappa shape index (κ1) is 21.2. The fourth-order valence-electron chi connectivity index (χ4n) is 3.68. The van der Waals surface area contributed by atoms with Crippen LogP contribution in [0.4, 0.5) is 5.82 Å². The smallest absolute Gasteiger partial charge is 0.123 e. The van der Waals surface area contributed by atoms with E-state index in [-0.39, 0.29) is 6.10 Å². The SMILES string of the molecule is COCCOc1cccc(CN2CCO[C@H](c3ncncc3-c3ccnc(N)c3)C2)c1. The minimum absolute atomic E-state index is 0.151. The summed E-state index contributed by atoms with van der Waals surface area (Å²) in [5, 5.41) is 0. The van der Waals surface area contributed by atoms with Crippen molar-refractivity contribution in [3.8, 4) is 16.9 Å². The third kappa shape index (κ3) is 5.55. The van der Waals surface area contributed by atoms with Crippen LogP contribution in [0.2, 0.25) is 0 Å². The number of nitrogen functional groups attached to an aromatic ring is 1. The van der Waals surface area contributed by atoms with Gasteiger partial charge in [-0.2, -0.15) is 0 Å². The topological polar surface area (TPSA) is 95.6 Å². The van der Waals surface area contributed by atoms with Crippen molar-refractivity contribution in [3.05, 3.63) is 66.4 Å². The Hall–Kier alpha value is -3.07. The van der Waals surface area contributed by atoms with Gasteiger partial charge in [0.2, 0.25) is 0 Å². The van der Waals surface area contributed by atoms with Crippen LogP contribution in [0.3, 0.4) is 0 Å². The molecule has 0 aliphatic carbocycles. The first-order valence-corrected chi connectivity index (χ1v) is 10.3. The van der Waals surface area contributed by atoms with Crippen molar-refractivity contribution in [2.24, 2.45) is 0 Å². The third-order valence-electron chi connectivity index (χ3n) is 5.15. The highest BCUT2D eigenvalue weighted by Gasteiger charge is 2.26. The van der Waals surface area contributed by atoms with Crippen LogP contribution in [-0.4, -0.2) is 59.9 Å². The normalized spacial score (nSPS) is 16.9. The van der Waals surface area contributed by atoms with Crippen molar-refractivity contribution >= 4 is 5.82 Å². The number of benzene rings is 1. The lowest BCUT2D eigenvalue weighted by Gasteiger charge is -2.33. The maximum Gasteiger partial charge on any atom is 0.123 e. The molecule has 0 unspecified atom stereocenters. The molecule has 8 nitrogen and oxygen atoms in total. The molecule has 0 saturated carbocycles. The summed E-state index contributed by atoms with van der Waals surface area (Å²) in [6.45, 7) is 4.14. The molecule has 162 valence electrons. The molecule has 3 heterocycles. The number of nitrogens with zero attached hydrogens (tertiary/aromatic N) is 4. The number of hydrogen-bond donors (Lipinski definition) is 1. The van der Waals surface area contributed by atoms with Crippen LogP contribution in [-0.2, 0) is 16.0 Å². The van der Waals surface area contributed by atoms with Crippen molar-refractivity contribution in [3.63, 3.8) is 0 Å². The van der Waals surface area contributed by atoms with E-state index in [9.17, 15) is 0 Å². The summed E-state index contributed by atoms with van der Waals surface area (Å²) in [7, 11) is 1.67. The molecular formula is C23H27N5O3. The number of aromatic nitrogens is 3. The first-order valence-electron chi connectivity index (χ1n) is 10.3. The van der Waals surface area contributed by atoms with Crippen LogP contribution in [0.15, 0.2) is 55.1 Å². The quantitative estimate of drug-likeness (QED) is 0.555. The van der Waals surface area contributed by atoms with Gasteiger partial charge in [-0.25, -0.2) is 15.0 Å². The number of ether oxygens (including phenoxy) is 3. The van der Waals surface area contributed by atoms with Gasteiger partial charge >= 0.3 is 0 Å². The Morgan fingerprint density at radius 2 is 2.13 bits per heavy atom. The van der Waals surface area contributed by atoms with Crippen molar-refractivity contribution < 1.29 is 14.2 Å². The summed E-state index contributed by atoms with van der Waals surface area (Å²) in [5.41, 5.74) is 9.78. The fourth-order valence-corrected chi connectivity index (χ4v) is 3.68. The van der Waals surface area contributed by atoms with Crippen LogP contribution >= 0.6 is 0 Å². The summed E-state index contributed by atoms with van der Waals surface area (Å²) >= 11 is 0. The van der Waals surface area contributed by atoms with Crippen molar-refractivity contribution in [2.45, 2.75) is 12.6 Å². The van der Waals surface area contributed by atoms with E-state index < -0.39 is 0 Å². The lowest BCUT2D eigenvalue weighted by molar-refractivity contribution is -0.0347. The average Bonchev–Trinajstić information content (AvgIpc) is 2.80. The molecule has 2 aromatic heterocycles. The monoisotopic (exact) mass is 421 g/mol. The molecule has 0 amide bonds. The van der Waals surface area contributed by atoms with Crippen molar-refractivity contribution in [2.75, 3.05) is 45.8 Å². The Morgan fingerprint density at radius 1 is 1.19 bits per heavy atom. The third-order valence-corrected chi connectivity index (χ3v) is 5.15. The average molecular weight is 422 g/mol. The number of morpholine rings is 1. The van der Waals surface area contributed by atoms with Gasteiger partial charge in [-0.1, -0.05) is 12.1 Å². The Morgan fingerprint density at radius 3 is 3.00 bits per heavy atom. The molecule has 1 aliphatic heterocycles. The second-order valence-corrected chi connectivity index (χ2v) is 7.37. The highest BCUT2D eigenvalue weighted by molar-refractivity contribution is 5.67. The molecule has 2 N–H and O–H groups in total. The van der Waals surface area contributed by atoms with Gasteiger partial charge < -0.3 is 19.9 Å². The molecule has 1 atom stereocenters. The summed E-state index contributed by atoms with van der Waals surface area (Å²) < 4.78 is 16.9. The highest BCUT2D eigenvalue weighted by atomic mass is 16.5. The zero-order valence-electron chi connectivity index (χ0n) is 17.6. The first-order chi connectivity index (χ1) is 15.2. The second-order valence-electron chi connectivity index (χ2n) is 7.37. The van der Waals surface area contributed by atoms with Crippen LogP contribution < -0.4 is 10.5 Å². The van der Waals surface area contributed by atoms with Gasteiger partial charge in [-0.3, -0.25) is 4.90 Å². The minimum Gasteiger partial charge on any atom is -0.491 e. The van der Waals surface area contributed by atoms with Crippen molar-refractivity contribution in [1.82, 2.24) is 19.9 Å². The van der Waals surface area contributed by atoms with E-state index >= 15 is 0 Å². The summed E-state index contributed by atoms with van der Waals surface area (Å²) in [6, 6.07) is 11.9. The molecule has 1 fully saturated rings. The number of hydrogen-bond acceptors (Lipinski definition) is 8. The van der Waals surface area contributed by atoms with Crippen LogP contribution in [0, 0.1) is 0 Å². The molecule has 0 radical (unpaired) electrons. The molecule has 1 aromatic carbocycles. The predicted molar refractivity (Wildman–Crippen MR) is 117 cm³/mol. The Bertz CT molecular complexity index is 1000. The van der Waals surface area contributed by atoms with Crippen LogP contribution in [0.25, 0.3) is 11.1 Å². The number of methoxy groups -OCH3 is 1. The number of rotatable bonds is 8. The Kier molecular flexibility index (Phi) is 7.03. The van der Waals surface area contributed by atoms with E-state index in [2.05, 4.69) is 32.0 Å². The molecule has 4 rings (SSSR count). The zero-order chi connectivity index (χ0) is 21.5. The minimum atomic E-state index is -0.151. The van der Waals surface area contributed by atoms with Gasteiger partial charge in [0.05, 0.1) is 18.9 Å². The van der Waals surface area contributed by atoms with Gasteiger partial charge in [0, 0.05) is 44.7 Å². The molecule has 1 aliphatic rings. The standard InChI is InChI=1S/C23H27N5O3/c1-29-9-10-30-19-4-2-3-17(11-19)14-28-7-8-31-21(15-28)23-20(13-25-16-27-23)18-5-6-26-22(24)12-18/h2-6,11-13,16,21H,7-10,14-15H2,1H3,(H2,24,26)/t21-/m0/s1.